The van der Waals surface area contributed by atoms with Crippen molar-refractivity contribution in [2.75, 3.05) is 7.11 Å². The molecule has 3 N–H and O–H groups in total. The van der Waals surface area contributed by atoms with Gasteiger partial charge >= 0.3 is 6.09 Å². The van der Waals surface area contributed by atoms with Gasteiger partial charge in [-0.25, -0.2) is 24.1 Å². The van der Waals surface area contributed by atoms with E-state index < -0.39 is 23.9 Å². The summed E-state index contributed by atoms with van der Waals surface area (Å²) in [6, 6.07) is 8.00. The number of fused-ring (bicyclic) bond motifs is 1. The van der Waals surface area contributed by atoms with Crippen LogP contribution in [0, 0.1) is 11.2 Å². The first kappa shape index (κ1) is 27.4. The molecule has 3 heterocycles. The van der Waals surface area contributed by atoms with E-state index in [0.717, 1.165) is 25.7 Å². The van der Waals surface area contributed by atoms with Crippen LogP contribution in [0.15, 0.2) is 54.4 Å². The molecule has 3 aromatic heterocycles. The Kier molecular flexibility index (Phi) is 8.13. The molecule has 0 saturated heterocycles. The van der Waals surface area contributed by atoms with Crippen LogP contribution in [0.25, 0.3) is 22.4 Å². The summed E-state index contributed by atoms with van der Waals surface area (Å²) in [7, 11) is 1.48. The number of imidazole rings is 1. The van der Waals surface area contributed by atoms with Crippen LogP contribution in [-0.2, 0) is 16.0 Å². The predicted molar refractivity (Wildman–Crippen MR) is 147 cm³/mol. The molecular weight excluding hydrogens is 537 g/mol. The predicted octanol–water partition coefficient (Wildman–Crippen LogP) is 5.73. The number of nitrogens with zero attached hydrogens (tertiary/aromatic N) is 5. The number of ether oxygens (including phenoxy) is 2. The minimum absolute atomic E-state index is 0.188. The number of primary amides is 1. The van der Waals surface area contributed by atoms with Crippen molar-refractivity contribution in [3.8, 4) is 11.3 Å². The summed E-state index contributed by atoms with van der Waals surface area (Å²) in [6.45, 7) is 0.397. The lowest BCUT2D eigenvalue weighted by Gasteiger charge is -2.19. The number of benzene rings is 1. The van der Waals surface area contributed by atoms with Crippen LogP contribution in [0.1, 0.15) is 55.4 Å². The molecular formula is C28H27ClFN7O3. The maximum Gasteiger partial charge on any atom is 0.411 e. The summed E-state index contributed by atoms with van der Waals surface area (Å²) in [5.41, 5.74) is 8.31. The monoisotopic (exact) mass is 563 g/mol. The molecule has 4 aromatic rings. The molecule has 1 atom stereocenters. The number of amides is 1. The molecule has 0 spiro atoms. The lowest BCUT2D eigenvalue weighted by atomic mass is 9.95. The molecule has 1 saturated carbocycles. The van der Waals surface area contributed by atoms with Gasteiger partial charge in [-0.05, 0) is 37.8 Å². The fraction of sp³-hybridized carbons (Fsp3) is 0.286. The van der Waals surface area contributed by atoms with Crippen molar-refractivity contribution in [3.05, 3.63) is 82.4 Å². The molecule has 1 fully saturated rings. The minimum Gasteiger partial charge on any atom is -0.388 e. The highest BCUT2D eigenvalue weighted by atomic mass is 35.5. The Morgan fingerprint density at radius 3 is 2.67 bits per heavy atom. The number of carbonyl (C=O) groups is 1. The summed E-state index contributed by atoms with van der Waals surface area (Å²) < 4.78 is 27.4. The third-order valence-electron chi connectivity index (χ3n) is 6.73. The van der Waals surface area contributed by atoms with Crippen molar-refractivity contribution in [2.24, 2.45) is 5.73 Å². The molecule has 10 nitrogen and oxygen atoms in total. The van der Waals surface area contributed by atoms with Crippen molar-refractivity contribution in [3.63, 3.8) is 0 Å². The van der Waals surface area contributed by atoms with E-state index in [1.54, 1.807) is 30.5 Å². The molecule has 12 heteroatoms. The van der Waals surface area contributed by atoms with Gasteiger partial charge in [-0.15, -0.1) is 0 Å². The summed E-state index contributed by atoms with van der Waals surface area (Å²) in [6.07, 6.45) is 8.64. The highest BCUT2D eigenvalue weighted by Crippen LogP contribution is 2.34. The summed E-state index contributed by atoms with van der Waals surface area (Å²) in [5.74, 6) is -0.923. The van der Waals surface area contributed by atoms with Gasteiger partial charge in [-0.3, -0.25) is 10.4 Å². The molecule has 1 unspecified atom stereocenters. The lowest BCUT2D eigenvalue weighted by Crippen LogP contribution is -2.20. The zero-order valence-corrected chi connectivity index (χ0v) is 22.5. The van der Waals surface area contributed by atoms with Gasteiger partial charge in [0.2, 0.25) is 5.82 Å². The average Bonchev–Trinajstić information content (AvgIpc) is 3.31. The third kappa shape index (κ3) is 5.70. The second kappa shape index (κ2) is 11.9. The normalized spacial score (nSPS) is 14.2. The molecule has 0 radical (unpaired) electrons. The van der Waals surface area contributed by atoms with Gasteiger partial charge in [0.15, 0.2) is 5.65 Å². The Labute approximate surface area is 234 Å². The number of hydrogen-bond donors (Lipinski definition) is 2. The van der Waals surface area contributed by atoms with Gasteiger partial charge in [0.05, 0.1) is 5.02 Å². The number of aromatic nitrogens is 5. The van der Waals surface area contributed by atoms with Gasteiger partial charge in [0.1, 0.15) is 29.0 Å². The number of methoxy groups -OCH3 is 1. The van der Waals surface area contributed by atoms with Crippen LogP contribution in [0.4, 0.5) is 9.18 Å². The number of halogens is 2. The van der Waals surface area contributed by atoms with E-state index in [9.17, 15) is 9.18 Å². The first-order chi connectivity index (χ1) is 19.4. The fourth-order valence-electron chi connectivity index (χ4n) is 4.92. The van der Waals surface area contributed by atoms with Gasteiger partial charge in [0, 0.05) is 37.2 Å². The van der Waals surface area contributed by atoms with Crippen molar-refractivity contribution in [1.82, 2.24) is 24.5 Å². The van der Waals surface area contributed by atoms with Crippen molar-refractivity contribution in [1.29, 1.82) is 5.41 Å². The van der Waals surface area contributed by atoms with E-state index in [-0.39, 0.29) is 11.5 Å². The number of carbonyl (C=O) groups excluding carboxylic acids is 1. The SMILES string of the molecule is COC(c1ccccc1F)c1nc2nc(C(=N)OC(N)=O)nc(-c3cncc(Cl)c3)c2n1CC=C1CCCCC1. The Morgan fingerprint density at radius 2 is 1.98 bits per heavy atom. The Morgan fingerprint density at radius 1 is 1.20 bits per heavy atom. The Balaban J connectivity index is 1.78. The summed E-state index contributed by atoms with van der Waals surface area (Å²) in [5, 5.41) is 8.55. The van der Waals surface area contributed by atoms with E-state index >= 15 is 0 Å². The molecule has 0 aliphatic heterocycles. The molecule has 206 valence electrons. The molecule has 1 amide bonds. The van der Waals surface area contributed by atoms with Gasteiger partial charge in [-0.2, -0.15) is 0 Å². The first-order valence-corrected chi connectivity index (χ1v) is 13.1. The summed E-state index contributed by atoms with van der Waals surface area (Å²) in [4.78, 5) is 29.3. The molecule has 1 aliphatic carbocycles. The van der Waals surface area contributed by atoms with E-state index in [1.165, 1.54) is 31.4 Å². The number of hydrogen-bond acceptors (Lipinski definition) is 8. The summed E-state index contributed by atoms with van der Waals surface area (Å²) >= 11 is 6.27. The highest BCUT2D eigenvalue weighted by molar-refractivity contribution is 6.30. The number of pyridine rings is 1. The average molecular weight is 564 g/mol. The first-order valence-electron chi connectivity index (χ1n) is 12.8. The zero-order chi connectivity index (χ0) is 28.2. The highest BCUT2D eigenvalue weighted by Gasteiger charge is 2.28. The Bertz CT molecular complexity index is 1610. The number of nitrogens with two attached hydrogens (primary N) is 1. The van der Waals surface area contributed by atoms with E-state index in [4.69, 9.17) is 37.2 Å². The molecule has 5 rings (SSSR count). The smallest absolute Gasteiger partial charge is 0.388 e. The second-order valence-electron chi connectivity index (χ2n) is 9.35. The molecule has 40 heavy (non-hydrogen) atoms. The fourth-order valence-corrected chi connectivity index (χ4v) is 5.09. The van der Waals surface area contributed by atoms with Gasteiger partial charge in [-0.1, -0.05) is 47.9 Å². The van der Waals surface area contributed by atoms with Crippen LogP contribution in [-0.4, -0.2) is 43.6 Å². The van der Waals surface area contributed by atoms with Crippen LogP contribution < -0.4 is 5.73 Å². The third-order valence-corrected chi connectivity index (χ3v) is 6.94. The number of rotatable bonds is 7. The van der Waals surface area contributed by atoms with E-state index in [2.05, 4.69) is 21.0 Å². The van der Waals surface area contributed by atoms with Crippen LogP contribution >= 0.6 is 11.6 Å². The van der Waals surface area contributed by atoms with Crippen molar-refractivity contribution < 1.29 is 18.7 Å². The molecule has 0 bridgehead atoms. The number of nitrogens with one attached hydrogen (secondary N) is 1. The topological polar surface area (TPSA) is 142 Å². The van der Waals surface area contributed by atoms with Gasteiger partial charge in [0.25, 0.3) is 5.90 Å². The largest absolute Gasteiger partial charge is 0.411 e. The number of allylic oxidation sites excluding steroid dienone is 2. The van der Waals surface area contributed by atoms with E-state index in [0.29, 0.717) is 39.7 Å². The van der Waals surface area contributed by atoms with Crippen molar-refractivity contribution >= 4 is 34.8 Å². The maximum absolute atomic E-state index is 15.0. The Hall–Kier alpha value is -4.22. The van der Waals surface area contributed by atoms with Gasteiger partial charge < -0.3 is 19.8 Å². The quantitative estimate of drug-likeness (QED) is 0.166. The molecule has 1 aromatic carbocycles. The van der Waals surface area contributed by atoms with Crippen LogP contribution in [0.5, 0.6) is 0 Å². The standard InChI is InChI=1S/C28H27ClFN7O3/c1-39-23(19-9-5-6-10-20(19)30)27-36-25-22(37(27)12-11-16-7-3-2-4-8-16)21(17-13-18(29)15-33-14-17)34-26(35-25)24(31)40-28(32)38/h5-6,9-11,13-15,23,31H,2-4,7-8,12H2,1H3,(H2,32,38). The zero-order valence-electron chi connectivity index (χ0n) is 21.7. The van der Waals surface area contributed by atoms with Crippen LogP contribution in [0.3, 0.4) is 0 Å². The van der Waals surface area contributed by atoms with Crippen molar-refractivity contribution in [2.45, 2.75) is 44.8 Å². The molecule has 1 aliphatic rings. The minimum atomic E-state index is -1.18. The second-order valence-corrected chi connectivity index (χ2v) is 9.79. The maximum atomic E-state index is 15.0. The lowest BCUT2D eigenvalue weighted by molar-refractivity contribution is 0.123. The van der Waals surface area contributed by atoms with E-state index in [1.807, 2.05) is 4.57 Å². The van der Waals surface area contributed by atoms with Crippen LogP contribution in [0.2, 0.25) is 5.02 Å².